The van der Waals surface area contributed by atoms with E-state index in [1.165, 1.54) is 0 Å². The smallest absolute Gasteiger partial charge is 0.245 e. The number of carbonyl (C=O) groups excluding carboxylic acids is 1. The number of hydrogen-bond acceptors (Lipinski definition) is 3. The van der Waals surface area contributed by atoms with E-state index < -0.39 is 5.91 Å². The Labute approximate surface area is 59.7 Å². The fourth-order valence-corrected chi connectivity index (χ4v) is 0.318. The van der Waals surface area contributed by atoms with Crippen LogP contribution in [0.3, 0.4) is 0 Å². The van der Waals surface area contributed by atoms with Gasteiger partial charge in [-0.2, -0.15) is 0 Å². The molecule has 0 saturated heterocycles. The molecule has 3 N–H and O–H groups in total. The molecule has 0 fully saturated rings. The van der Waals surface area contributed by atoms with E-state index in [9.17, 15) is 4.79 Å². The maximum absolute atomic E-state index is 10.0. The zero-order valence-electron chi connectivity index (χ0n) is 5.59. The third kappa shape index (κ3) is 6.95. The molecule has 1 amide bonds. The van der Waals surface area contributed by atoms with Crippen molar-refractivity contribution in [3.63, 3.8) is 0 Å². The summed E-state index contributed by atoms with van der Waals surface area (Å²) in [7, 11) is 0. The molecule has 0 atom stereocenters. The SMILES string of the molecule is C#CCCNOCC(N)=O. The summed E-state index contributed by atoms with van der Waals surface area (Å²) in [5, 5.41) is 0. The lowest BCUT2D eigenvalue weighted by Gasteiger charge is -1.99. The molecule has 0 aliphatic heterocycles. The summed E-state index contributed by atoms with van der Waals surface area (Å²) in [6.07, 6.45) is 5.50. The van der Waals surface area contributed by atoms with E-state index in [1.807, 2.05) is 0 Å². The first-order valence-corrected chi connectivity index (χ1v) is 2.83. The van der Waals surface area contributed by atoms with Crippen LogP contribution in [-0.4, -0.2) is 19.1 Å². The summed E-state index contributed by atoms with van der Waals surface area (Å²) < 4.78 is 0. The Morgan fingerprint density at radius 1 is 1.80 bits per heavy atom. The van der Waals surface area contributed by atoms with Crippen LogP contribution in [0.25, 0.3) is 0 Å². The van der Waals surface area contributed by atoms with Crippen LogP contribution in [0.15, 0.2) is 0 Å². The van der Waals surface area contributed by atoms with Crippen molar-refractivity contribution in [3.8, 4) is 12.3 Å². The highest BCUT2D eigenvalue weighted by Crippen LogP contribution is 1.70. The molecule has 0 rings (SSSR count). The maximum Gasteiger partial charge on any atom is 0.245 e. The zero-order chi connectivity index (χ0) is 7.82. The average Bonchev–Trinajstić information content (AvgIpc) is 1.87. The number of nitrogens with two attached hydrogens (primary N) is 1. The van der Waals surface area contributed by atoms with Crippen LogP contribution < -0.4 is 11.2 Å². The molecule has 10 heavy (non-hydrogen) atoms. The molecular weight excluding hydrogens is 132 g/mol. The van der Waals surface area contributed by atoms with Gasteiger partial charge in [0.1, 0.15) is 6.61 Å². The van der Waals surface area contributed by atoms with Crippen molar-refractivity contribution in [1.82, 2.24) is 5.48 Å². The molecule has 56 valence electrons. The van der Waals surface area contributed by atoms with Crippen LogP contribution in [0.1, 0.15) is 6.42 Å². The fourth-order valence-electron chi connectivity index (χ4n) is 0.318. The van der Waals surface area contributed by atoms with Crippen molar-refractivity contribution in [2.24, 2.45) is 5.73 Å². The Morgan fingerprint density at radius 2 is 2.50 bits per heavy atom. The van der Waals surface area contributed by atoms with Crippen molar-refractivity contribution in [3.05, 3.63) is 0 Å². The van der Waals surface area contributed by atoms with Crippen LogP contribution in [0.4, 0.5) is 0 Å². The van der Waals surface area contributed by atoms with Gasteiger partial charge in [0.2, 0.25) is 5.91 Å². The van der Waals surface area contributed by atoms with Gasteiger partial charge < -0.3 is 5.73 Å². The van der Waals surface area contributed by atoms with E-state index in [-0.39, 0.29) is 6.61 Å². The molecule has 4 nitrogen and oxygen atoms in total. The molecule has 0 spiro atoms. The summed E-state index contributed by atoms with van der Waals surface area (Å²) in [5.74, 6) is 1.89. The van der Waals surface area contributed by atoms with E-state index in [1.54, 1.807) is 0 Å². The summed E-state index contributed by atoms with van der Waals surface area (Å²) in [4.78, 5) is 14.6. The molecule has 0 unspecified atom stereocenters. The van der Waals surface area contributed by atoms with E-state index >= 15 is 0 Å². The van der Waals surface area contributed by atoms with Crippen LogP contribution in [0.2, 0.25) is 0 Å². The molecule has 0 aliphatic rings. The first-order valence-electron chi connectivity index (χ1n) is 2.83. The van der Waals surface area contributed by atoms with Crippen LogP contribution in [0, 0.1) is 12.3 Å². The number of hydrogen-bond donors (Lipinski definition) is 2. The summed E-state index contributed by atoms with van der Waals surface area (Å²) in [5.41, 5.74) is 7.24. The molecule has 0 saturated carbocycles. The van der Waals surface area contributed by atoms with Gasteiger partial charge in [-0.1, -0.05) is 0 Å². The molecule has 0 aromatic carbocycles. The highest BCUT2D eigenvalue weighted by Gasteiger charge is 1.90. The fraction of sp³-hybridized carbons (Fsp3) is 0.500. The highest BCUT2D eigenvalue weighted by atomic mass is 16.6. The quantitative estimate of drug-likeness (QED) is 0.294. The van der Waals surface area contributed by atoms with Crippen LogP contribution >= 0.6 is 0 Å². The predicted octanol–water partition coefficient (Wildman–Crippen LogP) is -0.984. The Hall–Kier alpha value is -1.05. The second-order valence-electron chi connectivity index (χ2n) is 1.60. The molecule has 0 aliphatic carbocycles. The van der Waals surface area contributed by atoms with Crippen molar-refractivity contribution >= 4 is 5.91 Å². The van der Waals surface area contributed by atoms with Gasteiger partial charge >= 0.3 is 0 Å². The number of rotatable bonds is 5. The molecule has 0 aromatic heterocycles. The molecule has 0 radical (unpaired) electrons. The van der Waals surface area contributed by atoms with Gasteiger partial charge in [0.25, 0.3) is 0 Å². The number of amides is 1. The monoisotopic (exact) mass is 142 g/mol. The lowest BCUT2D eigenvalue weighted by atomic mass is 10.5. The summed E-state index contributed by atoms with van der Waals surface area (Å²) >= 11 is 0. The Balaban J connectivity index is 2.92. The van der Waals surface area contributed by atoms with Crippen molar-refractivity contribution in [2.75, 3.05) is 13.2 Å². The molecule has 0 heterocycles. The number of terminal acetylenes is 1. The van der Waals surface area contributed by atoms with Gasteiger partial charge in [-0.25, -0.2) is 5.48 Å². The summed E-state index contributed by atoms with van der Waals surface area (Å²) in [6.45, 7) is 0.411. The van der Waals surface area contributed by atoms with Gasteiger partial charge in [-0.15, -0.1) is 12.3 Å². The number of carbonyl (C=O) groups is 1. The van der Waals surface area contributed by atoms with E-state index in [0.717, 1.165) is 0 Å². The van der Waals surface area contributed by atoms with Crippen molar-refractivity contribution in [2.45, 2.75) is 6.42 Å². The lowest BCUT2D eigenvalue weighted by molar-refractivity contribution is -0.125. The van der Waals surface area contributed by atoms with E-state index in [2.05, 4.69) is 16.2 Å². The predicted molar refractivity (Wildman–Crippen MR) is 36.6 cm³/mol. The minimum absolute atomic E-state index is 0.120. The largest absolute Gasteiger partial charge is 0.368 e. The molecular formula is C6H10N2O2. The van der Waals surface area contributed by atoms with Gasteiger partial charge in [-0.3, -0.25) is 9.63 Å². The van der Waals surface area contributed by atoms with Gasteiger partial charge in [0.05, 0.1) is 0 Å². The number of nitrogens with one attached hydrogen (secondary N) is 1. The number of hydroxylamine groups is 1. The van der Waals surface area contributed by atoms with Gasteiger partial charge in [0.15, 0.2) is 0 Å². The van der Waals surface area contributed by atoms with Crippen molar-refractivity contribution < 1.29 is 9.63 Å². The maximum atomic E-state index is 10.0. The van der Waals surface area contributed by atoms with Gasteiger partial charge in [0, 0.05) is 13.0 Å². The standard InChI is InChI=1S/C6H10N2O2/c1-2-3-4-8-10-5-6(7)9/h1,8H,3-5H2,(H2,7,9). The highest BCUT2D eigenvalue weighted by molar-refractivity contribution is 5.74. The zero-order valence-corrected chi connectivity index (χ0v) is 5.59. The second-order valence-corrected chi connectivity index (χ2v) is 1.60. The van der Waals surface area contributed by atoms with E-state index in [0.29, 0.717) is 13.0 Å². The number of primary amides is 1. The Morgan fingerprint density at radius 3 is 3.00 bits per heavy atom. The van der Waals surface area contributed by atoms with Crippen LogP contribution in [-0.2, 0) is 9.63 Å². The third-order valence-electron chi connectivity index (χ3n) is 0.688. The van der Waals surface area contributed by atoms with Gasteiger partial charge in [-0.05, 0) is 0 Å². The van der Waals surface area contributed by atoms with Crippen LogP contribution in [0.5, 0.6) is 0 Å². The lowest BCUT2D eigenvalue weighted by Crippen LogP contribution is -2.25. The van der Waals surface area contributed by atoms with E-state index in [4.69, 9.17) is 12.2 Å². The molecule has 0 aromatic rings. The average molecular weight is 142 g/mol. The minimum atomic E-state index is -0.506. The molecule has 0 bridgehead atoms. The molecule has 4 heteroatoms. The first kappa shape index (κ1) is 8.95. The second kappa shape index (κ2) is 6.08. The minimum Gasteiger partial charge on any atom is -0.368 e. The first-order chi connectivity index (χ1) is 4.77. The topological polar surface area (TPSA) is 64.3 Å². The summed E-state index contributed by atoms with van der Waals surface area (Å²) in [6, 6.07) is 0. The third-order valence-corrected chi connectivity index (χ3v) is 0.688. The Kier molecular flexibility index (Phi) is 5.44. The Bertz CT molecular complexity index is 139. The van der Waals surface area contributed by atoms with Crippen molar-refractivity contribution in [1.29, 1.82) is 0 Å². The normalized spacial score (nSPS) is 8.70.